The maximum atomic E-state index is 13.1. The topological polar surface area (TPSA) is 24.9 Å². The third kappa shape index (κ3) is 3.13. The summed E-state index contributed by atoms with van der Waals surface area (Å²) < 4.78 is 39.2. The molecular formula is C13H13F3N2S. The Bertz CT molecular complexity index is 523. The first-order chi connectivity index (χ1) is 9.04. The molecule has 0 spiro atoms. The molecule has 0 radical (unpaired) electrons. The van der Waals surface area contributed by atoms with E-state index in [1.807, 2.05) is 6.92 Å². The minimum Gasteiger partial charge on any atom is -0.306 e. The molecule has 1 heterocycles. The molecule has 0 aliphatic rings. The fourth-order valence-corrected chi connectivity index (χ4v) is 2.65. The minimum absolute atomic E-state index is 0.237. The molecule has 0 saturated carbocycles. The summed E-state index contributed by atoms with van der Waals surface area (Å²) in [5.74, 6) is 0. The Labute approximate surface area is 113 Å². The van der Waals surface area contributed by atoms with Crippen LogP contribution in [0.2, 0.25) is 0 Å². The molecule has 0 aliphatic carbocycles. The van der Waals surface area contributed by atoms with Crippen molar-refractivity contribution >= 4 is 11.3 Å². The lowest BCUT2D eigenvalue weighted by Crippen LogP contribution is -2.24. The van der Waals surface area contributed by atoms with E-state index >= 15 is 0 Å². The zero-order valence-corrected chi connectivity index (χ0v) is 11.1. The molecule has 19 heavy (non-hydrogen) atoms. The van der Waals surface area contributed by atoms with Crippen LogP contribution in [0.3, 0.4) is 0 Å². The van der Waals surface area contributed by atoms with Crippen LogP contribution >= 0.6 is 11.3 Å². The van der Waals surface area contributed by atoms with Crippen LogP contribution < -0.4 is 5.32 Å². The number of hydrogen-bond donors (Lipinski definition) is 1. The van der Waals surface area contributed by atoms with Gasteiger partial charge in [-0.1, -0.05) is 25.1 Å². The van der Waals surface area contributed by atoms with E-state index in [0.29, 0.717) is 6.54 Å². The lowest BCUT2D eigenvalue weighted by Gasteiger charge is -2.21. The van der Waals surface area contributed by atoms with E-state index in [9.17, 15) is 13.2 Å². The van der Waals surface area contributed by atoms with Crippen LogP contribution in [0.15, 0.2) is 36.0 Å². The Kier molecular flexibility index (Phi) is 4.21. The molecule has 1 unspecified atom stereocenters. The standard InChI is InChI=1S/C13H13F3N2S/c1-2-18-12(11-7-17-8-19-11)9-5-3-4-6-10(9)13(14,15)16/h3-8,12,18H,2H2,1H3. The van der Waals surface area contributed by atoms with Gasteiger partial charge < -0.3 is 5.32 Å². The molecule has 0 aliphatic heterocycles. The van der Waals surface area contributed by atoms with Crippen LogP contribution in [0.1, 0.15) is 29.0 Å². The Morgan fingerprint density at radius 3 is 2.63 bits per heavy atom. The molecular weight excluding hydrogens is 273 g/mol. The number of thiazole rings is 1. The fourth-order valence-electron chi connectivity index (χ4n) is 1.94. The van der Waals surface area contributed by atoms with E-state index in [2.05, 4.69) is 10.3 Å². The molecule has 1 N–H and O–H groups in total. The van der Waals surface area contributed by atoms with Crippen LogP contribution in [-0.2, 0) is 6.18 Å². The number of nitrogens with one attached hydrogen (secondary N) is 1. The number of aromatic nitrogens is 1. The van der Waals surface area contributed by atoms with Gasteiger partial charge in [0.2, 0.25) is 0 Å². The van der Waals surface area contributed by atoms with Crippen LogP contribution in [0.4, 0.5) is 13.2 Å². The molecule has 2 nitrogen and oxygen atoms in total. The summed E-state index contributed by atoms with van der Waals surface area (Å²) in [6.07, 6.45) is -2.75. The highest BCUT2D eigenvalue weighted by Crippen LogP contribution is 2.37. The van der Waals surface area contributed by atoms with E-state index in [0.717, 1.165) is 10.9 Å². The van der Waals surface area contributed by atoms with Gasteiger partial charge in [0, 0.05) is 11.1 Å². The number of hydrogen-bond acceptors (Lipinski definition) is 3. The number of benzene rings is 1. The van der Waals surface area contributed by atoms with Crippen LogP contribution in [0.5, 0.6) is 0 Å². The normalized spacial score (nSPS) is 13.5. The quantitative estimate of drug-likeness (QED) is 0.923. The first-order valence-corrected chi connectivity index (χ1v) is 6.70. The molecule has 1 aromatic heterocycles. The van der Waals surface area contributed by atoms with Crippen LogP contribution in [0.25, 0.3) is 0 Å². The van der Waals surface area contributed by atoms with Crippen LogP contribution in [0, 0.1) is 0 Å². The monoisotopic (exact) mass is 286 g/mol. The maximum absolute atomic E-state index is 13.1. The van der Waals surface area contributed by atoms with Crippen molar-refractivity contribution in [2.24, 2.45) is 0 Å². The fraction of sp³-hybridized carbons (Fsp3) is 0.308. The van der Waals surface area contributed by atoms with Crippen LogP contribution in [-0.4, -0.2) is 11.5 Å². The lowest BCUT2D eigenvalue weighted by molar-refractivity contribution is -0.138. The second kappa shape index (κ2) is 5.71. The van der Waals surface area contributed by atoms with Crippen molar-refractivity contribution in [2.45, 2.75) is 19.1 Å². The van der Waals surface area contributed by atoms with Crippen molar-refractivity contribution in [2.75, 3.05) is 6.54 Å². The molecule has 0 saturated heterocycles. The Balaban J connectivity index is 2.48. The van der Waals surface area contributed by atoms with E-state index in [-0.39, 0.29) is 5.56 Å². The Morgan fingerprint density at radius 2 is 2.05 bits per heavy atom. The molecule has 1 aromatic carbocycles. The highest BCUT2D eigenvalue weighted by atomic mass is 32.1. The van der Waals surface area contributed by atoms with Crippen molar-refractivity contribution in [3.8, 4) is 0 Å². The van der Waals surface area contributed by atoms with Crippen molar-refractivity contribution in [3.63, 3.8) is 0 Å². The molecule has 0 amide bonds. The second-order valence-corrected chi connectivity index (χ2v) is 4.90. The third-order valence-electron chi connectivity index (χ3n) is 2.72. The average Bonchev–Trinajstić information content (AvgIpc) is 2.88. The van der Waals surface area contributed by atoms with Gasteiger partial charge in [-0.3, -0.25) is 4.98 Å². The summed E-state index contributed by atoms with van der Waals surface area (Å²) in [7, 11) is 0. The number of rotatable bonds is 4. The molecule has 1 atom stereocenters. The number of halogens is 3. The van der Waals surface area contributed by atoms with E-state index in [4.69, 9.17) is 0 Å². The summed E-state index contributed by atoms with van der Waals surface area (Å²) >= 11 is 1.34. The Hall–Kier alpha value is -1.40. The van der Waals surface area contributed by atoms with Gasteiger partial charge in [-0.15, -0.1) is 11.3 Å². The predicted octanol–water partition coefficient (Wildman–Crippen LogP) is 3.86. The molecule has 2 aromatic rings. The summed E-state index contributed by atoms with van der Waals surface area (Å²) in [5.41, 5.74) is 1.26. The summed E-state index contributed by atoms with van der Waals surface area (Å²) in [6, 6.07) is 5.17. The maximum Gasteiger partial charge on any atom is 0.416 e. The molecule has 2 rings (SSSR count). The predicted molar refractivity (Wildman–Crippen MR) is 69.1 cm³/mol. The molecule has 102 valence electrons. The molecule has 0 fully saturated rings. The lowest BCUT2D eigenvalue weighted by atomic mass is 9.99. The summed E-state index contributed by atoms with van der Waals surface area (Å²) in [4.78, 5) is 4.72. The largest absolute Gasteiger partial charge is 0.416 e. The van der Waals surface area contributed by atoms with Crippen molar-refractivity contribution in [1.29, 1.82) is 0 Å². The third-order valence-corrected chi connectivity index (χ3v) is 3.56. The van der Waals surface area contributed by atoms with Gasteiger partial charge >= 0.3 is 6.18 Å². The van der Waals surface area contributed by atoms with E-state index in [1.165, 1.54) is 23.5 Å². The zero-order valence-electron chi connectivity index (χ0n) is 10.2. The van der Waals surface area contributed by atoms with Crippen molar-refractivity contribution < 1.29 is 13.2 Å². The van der Waals surface area contributed by atoms with Gasteiger partial charge in [-0.25, -0.2) is 0 Å². The summed E-state index contributed by atoms with van der Waals surface area (Å²) in [5, 5.41) is 3.08. The molecule has 0 bridgehead atoms. The highest BCUT2D eigenvalue weighted by molar-refractivity contribution is 7.09. The Morgan fingerprint density at radius 1 is 1.32 bits per heavy atom. The zero-order chi connectivity index (χ0) is 13.9. The van der Waals surface area contributed by atoms with E-state index < -0.39 is 17.8 Å². The minimum atomic E-state index is -4.35. The van der Waals surface area contributed by atoms with Crippen molar-refractivity contribution in [3.05, 3.63) is 52.0 Å². The van der Waals surface area contributed by atoms with Gasteiger partial charge in [0.1, 0.15) is 0 Å². The SMILES string of the molecule is CCNC(c1cncs1)c1ccccc1C(F)(F)F. The van der Waals surface area contributed by atoms with Gasteiger partial charge in [0.05, 0.1) is 17.1 Å². The van der Waals surface area contributed by atoms with Gasteiger partial charge in [-0.2, -0.15) is 13.2 Å². The molecule has 6 heteroatoms. The number of alkyl halides is 3. The van der Waals surface area contributed by atoms with Gasteiger partial charge in [0.15, 0.2) is 0 Å². The first-order valence-electron chi connectivity index (χ1n) is 5.82. The van der Waals surface area contributed by atoms with E-state index in [1.54, 1.807) is 17.8 Å². The summed E-state index contributed by atoms with van der Waals surface area (Å²) in [6.45, 7) is 2.44. The highest BCUT2D eigenvalue weighted by Gasteiger charge is 2.35. The average molecular weight is 286 g/mol. The number of nitrogens with zero attached hydrogens (tertiary/aromatic N) is 1. The second-order valence-electron chi connectivity index (χ2n) is 3.98. The smallest absolute Gasteiger partial charge is 0.306 e. The van der Waals surface area contributed by atoms with Gasteiger partial charge in [-0.05, 0) is 18.2 Å². The first kappa shape index (κ1) is 14.0. The van der Waals surface area contributed by atoms with Crippen molar-refractivity contribution in [1.82, 2.24) is 10.3 Å². The van der Waals surface area contributed by atoms with Gasteiger partial charge in [0.25, 0.3) is 0 Å².